The molecule has 2 aromatic rings. The van der Waals surface area contributed by atoms with Gasteiger partial charge >= 0.3 is 6.09 Å². The fourth-order valence-corrected chi connectivity index (χ4v) is 3.07. The SMILES string of the molecule is Cc1cc2cn[nH]c2nc1C1CCN(C(=O)OC(C)(C)C)CC1. The van der Waals surface area contributed by atoms with Gasteiger partial charge in [0, 0.05) is 30.1 Å². The number of aromatic amines is 1. The first-order valence-corrected chi connectivity index (χ1v) is 8.12. The lowest BCUT2D eigenvalue weighted by Crippen LogP contribution is -2.41. The van der Waals surface area contributed by atoms with Crippen LogP contribution in [0.15, 0.2) is 12.3 Å². The Morgan fingerprint density at radius 1 is 1.35 bits per heavy atom. The Labute approximate surface area is 136 Å². The Bertz CT molecular complexity index is 709. The minimum Gasteiger partial charge on any atom is -0.444 e. The third kappa shape index (κ3) is 3.46. The molecule has 23 heavy (non-hydrogen) atoms. The molecule has 6 heteroatoms. The van der Waals surface area contributed by atoms with Crippen molar-refractivity contribution in [3.05, 3.63) is 23.5 Å². The van der Waals surface area contributed by atoms with Gasteiger partial charge in [0.05, 0.1) is 6.20 Å². The molecule has 0 saturated carbocycles. The Kier molecular flexibility index (Phi) is 4.00. The quantitative estimate of drug-likeness (QED) is 0.875. The van der Waals surface area contributed by atoms with Gasteiger partial charge in [-0.2, -0.15) is 5.10 Å². The highest BCUT2D eigenvalue weighted by molar-refractivity contribution is 5.75. The van der Waals surface area contributed by atoms with Crippen LogP contribution in [0.3, 0.4) is 0 Å². The smallest absolute Gasteiger partial charge is 0.410 e. The number of carbonyl (C=O) groups excluding carboxylic acids is 1. The van der Waals surface area contributed by atoms with E-state index in [1.54, 1.807) is 11.1 Å². The Morgan fingerprint density at radius 3 is 2.70 bits per heavy atom. The molecule has 3 rings (SSSR count). The number of pyridine rings is 1. The lowest BCUT2D eigenvalue weighted by molar-refractivity contribution is 0.0204. The number of amides is 1. The van der Waals surface area contributed by atoms with Gasteiger partial charge in [0.25, 0.3) is 0 Å². The average molecular weight is 316 g/mol. The number of likely N-dealkylation sites (tertiary alicyclic amines) is 1. The van der Waals surface area contributed by atoms with Crippen molar-refractivity contribution in [1.82, 2.24) is 20.1 Å². The van der Waals surface area contributed by atoms with Gasteiger partial charge in [-0.05, 0) is 52.2 Å². The third-order valence-electron chi connectivity index (χ3n) is 4.19. The highest BCUT2D eigenvalue weighted by atomic mass is 16.6. The van der Waals surface area contributed by atoms with E-state index in [9.17, 15) is 4.79 Å². The molecule has 2 aromatic heterocycles. The van der Waals surface area contributed by atoms with Crippen molar-refractivity contribution in [3.63, 3.8) is 0 Å². The average Bonchev–Trinajstić information content (AvgIpc) is 2.92. The first-order valence-electron chi connectivity index (χ1n) is 8.12. The summed E-state index contributed by atoms with van der Waals surface area (Å²) in [6, 6.07) is 2.13. The predicted octanol–water partition coefficient (Wildman–Crippen LogP) is 3.38. The predicted molar refractivity (Wildman–Crippen MR) is 88.4 cm³/mol. The molecule has 124 valence electrons. The summed E-state index contributed by atoms with van der Waals surface area (Å²) in [5.74, 6) is 0.376. The van der Waals surface area contributed by atoms with Crippen molar-refractivity contribution in [1.29, 1.82) is 0 Å². The van der Waals surface area contributed by atoms with E-state index < -0.39 is 5.60 Å². The first kappa shape index (κ1) is 15.8. The molecule has 1 aliphatic heterocycles. The molecule has 0 atom stereocenters. The molecular weight excluding hydrogens is 292 g/mol. The van der Waals surface area contributed by atoms with Crippen molar-refractivity contribution in [2.45, 2.75) is 52.1 Å². The zero-order valence-corrected chi connectivity index (χ0v) is 14.2. The number of fused-ring (bicyclic) bond motifs is 1. The second kappa shape index (κ2) is 5.83. The number of aryl methyl sites for hydroxylation is 1. The Morgan fingerprint density at radius 2 is 2.04 bits per heavy atom. The summed E-state index contributed by atoms with van der Waals surface area (Å²) in [6.45, 7) is 9.19. The second-order valence-corrected chi connectivity index (χ2v) is 7.24. The largest absolute Gasteiger partial charge is 0.444 e. The number of ether oxygens (including phenoxy) is 1. The van der Waals surface area contributed by atoms with Gasteiger partial charge in [0.1, 0.15) is 5.60 Å². The molecule has 1 N–H and O–H groups in total. The fourth-order valence-electron chi connectivity index (χ4n) is 3.07. The maximum absolute atomic E-state index is 12.1. The van der Waals surface area contributed by atoms with E-state index in [0.717, 1.165) is 29.6 Å². The molecule has 3 heterocycles. The number of hydrogen-bond donors (Lipinski definition) is 1. The van der Waals surface area contributed by atoms with E-state index in [1.165, 1.54) is 5.56 Å². The van der Waals surface area contributed by atoms with E-state index in [0.29, 0.717) is 19.0 Å². The summed E-state index contributed by atoms with van der Waals surface area (Å²) < 4.78 is 5.45. The molecule has 1 fully saturated rings. The van der Waals surface area contributed by atoms with E-state index in [-0.39, 0.29) is 6.09 Å². The lowest BCUT2D eigenvalue weighted by Gasteiger charge is -2.33. The molecule has 0 bridgehead atoms. The normalized spacial score (nSPS) is 16.8. The van der Waals surface area contributed by atoms with Crippen LogP contribution in [0.5, 0.6) is 0 Å². The van der Waals surface area contributed by atoms with Gasteiger partial charge in [0.2, 0.25) is 0 Å². The summed E-state index contributed by atoms with van der Waals surface area (Å²) in [5.41, 5.74) is 2.69. The number of nitrogens with zero attached hydrogens (tertiary/aromatic N) is 3. The molecule has 1 amide bonds. The van der Waals surface area contributed by atoms with Crippen molar-refractivity contribution < 1.29 is 9.53 Å². The lowest BCUT2D eigenvalue weighted by atomic mass is 9.90. The van der Waals surface area contributed by atoms with E-state index in [1.807, 2.05) is 20.8 Å². The summed E-state index contributed by atoms with van der Waals surface area (Å²) in [7, 11) is 0. The summed E-state index contributed by atoms with van der Waals surface area (Å²) in [6.07, 6.45) is 3.40. The van der Waals surface area contributed by atoms with E-state index >= 15 is 0 Å². The van der Waals surface area contributed by atoms with Gasteiger partial charge in [-0.3, -0.25) is 5.10 Å². The van der Waals surface area contributed by atoms with E-state index in [4.69, 9.17) is 9.72 Å². The Balaban J connectivity index is 1.68. The molecule has 1 aliphatic rings. The van der Waals surface area contributed by atoms with Crippen molar-refractivity contribution >= 4 is 17.1 Å². The number of aromatic nitrogens is 3. The molecule has 0 radical (unpaired) electrons. The van der Waals surface area contributed by atoms with Crippen LogP contribution in [0.25, 0.3) is 11.0 Å². The van der Waals surface area contributed by atoms with Crippen molar-refractivity contribution in [3.8, 4) is 0 Å². The summed E-state index contributed by atoms with van der Waals surface area (Å²) in [5, 5.41) is 8.01. The fraction of sp³-hybridized carbons (Fsp3) is 0.588. The second-order valence-electron chi connectivity index (χ2n) is 7.24. The van der Waals surface area contributed by atoms with Gasteiger partial charge in [-0.25, -0.2) is 9.78 Å². The maximum atomic E-state index is 12.1. The van der Waals surface area contributed by atoms with Crippen molar-refractivity contribution in [2.24, 2.45) is 0 Å². The van der Waals surface area contributed by atoms with Crippen LogP contribution in [-0.2, 0) is 4.74 Å². The van der Waals surface area contributed by atoms with E-state index in [2.05, 4.69) is 23.2 Å². The van der Waals surface area contributed by atoms with Crippen LogP contribution in [0, 0.1) is 6.92 Å². The molecule has 0 unspecified atom stereocenters. The topological polar surface area (TPSA) is 71.1 Å². The molecule has 1 saturated heterocycles. The van der Waals surface area contributed by atoms with Crippen LogP contribution in [0.2, 0.25) is 0 Å². The van der Waals surface area contributed by atoms with Crippen LogP contribution in [0.4, 0.5) is 4.79 Å². The maximum Gasteiger partial charge on any atom is 0.410 e. The van der Waals surface area contributed by atoms with Gasteiger partial charge in [-0.15, -0.1) is 0 Å². The van der Waals surface area contributed by atoms with Crippen LogP contribution in [-0.4, -0.2) is 44.9 Å². The summed E-state index contributed by atoms with van der Waals surface area (Å²) in [4.78, 5) is 18.7. The molecule has 6 nitrogen and oxygen atoms in total. The van der Waals surface area contributed by atoms with Gasteiger partial charge in [0.15, 0.2) is 5.65 Å². The number of H-pyrrole nitrogens is 1. The molecule has 0 spiro atoms. The zero-order valence-electron chi connectivity index (χ0n) is 14.2. The molecule has 0 aliphatic carbocycles. The number of hydrogen-bond acceptors (Lipinski definition) is 4. The monoisotopic (exact) mass is 316 g/mol. The minimum absolute atomic E-state index is 0.218. The third-order valence-corrected chi connectivity index (χ3v) is 4.19. The van der Waals surface area contributed by atoms with Crippen LogP contribution in [0.1, 0.15) is 50.8 Å². The number of rotatable bonds is 1. The zero-order chi connectivity index (χ0) is 16.6. The number of piperidine rings is 1. The number of carbonyl (C=O) groups is 1. The first-order chi connectivity index (χ1) is 10.8. The van der Waals surface area contributed by atoms with Crippen LogP contribution >= 0.6 is 0 Å². The minimum atomic E-state index is -0.447. The van der Waals surface area contributed by atoms with Crippen molar-refractivity contribution in [2.75, 3.05) is 13.1 Å². The highest BCUT2D eigenvalue weighted by Crippen LogP contribution is 2.30. The molecular formula is C17H24N4O2. The van der Waals surface area contributed by atoms with Gasteiger partial charge in [-0.1, -0.05) is 0 Å². The standard InChI is InChI=1S/C17H24N4O2/c1-11-9-13-10-18-20-15(13)19-14(11)12-5-7-21(8-6-12)16(22)23-17(2,3)4/h9-10,12H,5-8H2,1-4H3,(H,18,19,20). The molecule has 0 aromatic carbocycles. The number of nitrogens with one attached hydrogen (secondary N) is 1. The summed E-state index contributed by atoms with van der Waals surface area (Å²) >= 11 is 0. The van der Waals surface area contributed by atoms with Gasteiger partial charge < -0.3 is 9.64 Å². The van der Waals surface area contributed by atoms with Crippen LogP contribution < -0.4 is 0 Å². The highest BCUT2D eigenvalue weighted by Gasteiger charge is 2.28. The Hall–Kier alpha value is -2.11.